The minimum absolute atomic E-state index is 0.215. The molecule has 3 heteroatoms. The molecular weight excluding hydrogens is 200 g/mol. The summed E-state index contributed by atoms with van der Waals surface area (Å²) in [6.07, 6.45) is 7.63. The second-order valence-electron chi connectivity index (χ2n) is 5.69. The minimum Gasteiger partial charge on any atom is -0.396 e. The Morgan fingerprint density at radius 1 is 1.19 bits per heavy atom. The van der Waals surface area contributed by atoms with Gasteiger partial charge in [-0.15, -0.1) is 0 Å². The van der Waals surface area contributed by atoms with Gasteiger partial charge in [0.25, 0.3) is 0 Å². The van der Waals surface area contributed by atoms with Crippen LogP contribution in [0.4, 0.5) is 0 Å². The molecule has 0 atom stereocenters. The standard InChI is InChI=1S/C13H26N2O/c16-11-13(5-1-2-6-13)10-15-9-12-3-7-14-8-4-12/h12,14-16H,1-11H2. The van der Waals surface area contributed by atoms with E-state index in [-0.39, 0.29) is 5.41 Å². The van der Waals surface area contributed by atoms with Crippen molar-refractivity contribution < 1.29 is 5.11 Å². The predicted octanol–water partition coefficient (Wildman–Crippen LogP) is 1.13. The molecule has 1 saturated carbocycles. The van der Waals surface area contributed by atoms with Crippen LogP contribution in [-0.4, -0.2) is 37.9 Å². The molecule has 0 amide bonds. The normalized spacial score (nSPS) is 26.1. The molecule has 0 bridgehead atoms. The molecule has 1 aliphatic carbocycles. The van der Waals surface area contributed by atoms with Crippen molar-refractivity contribution in [3.05, 3.63) is 0 Å². The van der Waals surface area contributed by atoms with Crippen molar-refractivity contribution in [3.8, 4) is 0 Å². The van der Waals surface area contributed by atoms with E-state index in [2.05, 4.69) is 10.6 Å². The SMILES string of the molecule is OCC1(CNCC2CCNCC2)CCCC1. The van der Waals surface area contributed by atoms with Gasteiger partial charge in [-0.2, -0.15) is 0 Å². The van der Waals surface area contributed by atoms with Gasteiger partial charge in [0.05, 0.1) is 0 Å². The van der Waals surface area contributed by atoms with Crippen LogP contribution in [-0.2, 0) is 0 Å². The highest BCUT2D eigenvalue weighted by Gasteiger charge is 2.32. The number of aliphatic hydroxyl groups is 1. The molecule has 2 fully saturated rings. The fourth-order valence-corrected chi connectivity index (χ4v) is 3.14. The molecule has 94 valence electrons. The first kappa shape index (κ1) is 12.3. The van der Waals surface area contributed by atoms with Crippen LogP contribution in [0.2, 0.25) is 0 Å². The number of piperidine rings is 1. The van der Waals surface area contributed by atoms with Crippen molar-refractivity contribution in [2.75, 3.05) is 32.8 Å². The first-order valence-corrected chi connectivity index (χ1v) is 6.87. The second-order valence-corrected chi connectivity index (χ2v) is 5.69. The highest BCUT2D eigenvalue weighted by atomic mass is 16.3. The van der Waals surface area contributed by atoms with E-state index >= 15 is 0 Å². The van der Waals surface area contributed by atoms with Gasteiger partial charge in [0.1, 0.15) is 0 Å². The van der Waals surface area contributed by atoms with Crippen LogP contribution in [0, 0.1) is 11.3 Å². The molecule has 1 aliphatic heterocycles. The fraction of sp³-hybridized carbons (Fsp3) is 1.00. The Balaban J connectivity index is 1.66. The smallest absolute Gasteiger partial charge is 0.0499 e. The zero-order chi connectivity index (χ0) is 11.3. The Morgan fingerprint density at radius 3 is 2.50 bits per heavy atom. The van der Waals surface area contributed by atoms with E-state index in [1.54, 1.807) is 0 Å². The number of rotatable bonds is 5. The summed E-state index contributed by atoms with van der Waals surface area (Å²) in [5.74, 6) is 0.846. The molecule has 2 aliphatic rings. The van der Waals surface area contributed by atoms with Crippen LogP contribution < -0.4 is 10.6 Å². The Kier molecular flexibility index (Phi) is 4.62. The average Bonchev–Trinajstić information content (AvgIpc) is 2.80. The summed E-state index contributed by atoms with van der Waals surface area (Å²) in [5.41, 5.74) is 0.215. The minimum atomic E-state index is 0.215. The quantitative estimate of drug-likeness (QED) is 0.658. The Bertz CT molecular complexity index is 196. The first-order valence-electron chi connectivity index (χ1n) is 6.87. The van der Waals surface area contributed by atoms with Gasteiger partial charge in [-0.1, -0.05) is 12.8 Å². The lowest BCUT2D eigenvalue weighted by Gasteiger charge is -2.29. The van der Waals surface area contributed by atoms with Gasteiger partial charge in [0.15, 0.2) is 0 Å². The maximum Gasteiger partial charge on any atom is 0.0499 e. The van der Waals surface area contributed by atoms with Crippen LogP contribution >= 0.6 is 0 Å². The van der Waals surface area contributed by atoms with Crippen molar-refractivity contribution in [1.29, 1.82) is 0 Å². The largest absolute Gasteiger partial charge is 0.396 e. The summed E-state index contributed by atoms with van der Waals surface area (Å²) in [5, 5.41) is 16.5. The molecular formula is C13H26N2O. The van der Waals surface area contributed by atoms with Crippen molar-refractivity contribution >= 4 is 0 Å². The number of aliphatic hydroxyl groups excluding tert-OH is 1. The summed E-state index contributed by atoms with van der Waals surface area (Å²) >= 11 is 0. The predicted molar refractivity (Wildman–Crippen MR) is 66.5 cm³/mol. The van der Waals surface area contributed by atoms with E-state index in [0.717, 1.165) is 19.0 Å². The number of hydrogen-bond acceptors (Lipinski definition) is 3. The summed E-state index contributed by atoms with van der Waals surface area (Å²) in [4.78, 5) is 0. The lowest BCUT2D eigenvalue weighted by atomic mass is 9.87. The maximum absolute atomic E-state index is 9.50. The molecule has 2 rings (SSSR count). The third-order valence-corrected chi connectivity index (χ3v) is 4.39. The van der Waals surface area contributed by atoms with Gasteiger partial charge in [-0.05, 0) is 51.2 Å². The van der Waals surface area contributed by atoms with E-state index < -0.39 is 0 Å². The van der Waals surface area contributed by atoms with Crippen molar-refractivity contribution in [2.45, 2.75) is 38.5 Å². The van der Waals surface area contributed by atoms with Gasteiger partial charge in [-0.3, -0.25) is 0 Å². The second kappa shape index (κ2) is 5.99. The molecule has 1 saturated heterocycles. The topological polar surface area (TPSA) is 44.3 Å². The third-order valence-electron chi connectivity index (χ3n) is 4.39. The monoisotopic (exact) mass is 226 g/mol. The lowest BCUT2D eigenvalue weighted by Crippen LogP contribution is -2.39. The van der Waals surface area contributed by atoms with E-state index in [1.807, 2.05) is 0 Å². The highest BCUT2D eigenvalue weighted by Crippen LogP contribution is 2.36. The maximum atomic E-state index is 9.50. The van der Waals surface area contributed by atoms with Gasteiger partial charge in [0.2, 0.25) is 0 Å². The zero-order valence-electron chi connectivity index (χ0n) is 10.3. The number of hydrogen-bond donors (Lipinski definition) is 3. The fourth-order valence-electron chi connectivity index (χ4n) is 3.14. The van der Waals surface area contributed by atoms with E-state index in [0.29, 0.717) is 6.61 Å². The molecule has 1 heterocycles. The van der Waals surface area contributed by atoms with E-state index in [4.69, 9.17) is 0 Å². The van der Waals surface area contributed by atoms with Crippen molar-refractivity contribution in [3.63, 3.8) is 0 Å². The third kappa shape index (κ3) is 3.19. The molecule has 0 aromatic rings. The average molecular weight is 226 g/mol. The summed E-state index contributed by atoms with van der Waals surface area (Å²) in [7, 11) is 0. The molecule has 3 nitrogen and oxygen atoms in total. The van der Waals surface area contributed by atoms with Crippen LogP contribution in [0.5, 0.6) is 0 Å². The van der Waals surface area contributed by atoms with Crippen LogP contribution in [0.3, 0.4) is 0 Å². The van der Waals surface area contributed by atoms with Crippen molar-refractivity contribution in [2.24, 2.45) is 11.3 Å². The molecule has 0 radical (unpaired) electrons. The summed E-state index contributed by atoms with van der Waals surface area (Å²) < 4.78 is 0. The van der Waals surface area contributed by atoms with E-state index in [1.165, 1.54) is 51.6 Å². The molecule has 3 N–H and O–H groups in total. The molecule has 0 aromatic heterocycles. The van der Waals surface area contributed by atoms with Gasteiger partial charge in [-0.25, -0.2) is 0 Å². The summed E-state index contributed by atoms with van der Waals surface area (Å²) in [6, 6.07) is 0. The van der Waals surface area contributed by atoms with Gasteiger partial charge >= 0.3 is 0 Å². The van der Waals surface area contributed by atoms with Gasteiger partial charge < -0.3 is 15.7 Å². The molecule has 0 aromatic carbocycles. The highest BCUT2D eigenvalue weighted by molar-refractivity contribution is 4.86. The molecule has 16 heavy (non-hydrogen) atoms. The molecule has 0 spiro atoms. The Labute approximate surface area is 99.0 Å². The van der Waals surface area contributed by atoms with Crippen LogP contribution in [0.15, 0.2) is 0 Å². The zero-order valence-corrected chi connectivity index (χ0v) is 10.3. The number of nitrogens with one attached hydrogen (secondary N) is 2. The molecule has 0 unspecified atom stereocenters. The van der Waals surface area contributed by atoms with Crippen LogP contribution in [0.25, 0.3) is 0 Å². The van der Waals surface area contributed by atoms with E-state index in [9.17, 15) is 5.11 Å². The Hall–Kier alpha value is -0.120. The van der Waals surface area contributed by atoms with Crippen molar-refractivity contribution in [1.82, 2.24) is 10.6 Å². The van der Waals surface area contributed by atoms with Gasteiger partial charge in [0, 0.05) is 18.6 Å². The Morgan fingerprint density at radius 2 is 1.88 bits per heavy atom. The lowest BCUT2D eigenvalue weighted by molar-refractivity contribution is 0.126. The van der Waals surface area contributed by atoms with Crippen LogP contribution in [0.1, 0.15) is 38.5 Å². The first-order chi connectivity index (χ1) is 7.85. The summed E-state index contributed by atoms with van der Waals surface area (Å²) in [6.45, 7) is 4.89.